The minimum absolute atomic E-state index is 0.00651. The van der Waals surface area contributed by atoms with Crippen molar-refractivity contribution >= 4 is 34.1 Å². The molecule has 36 heavy (non-hydrogen) atoms. The Morgan fingerprint density at radius 2 is 1.69 bits per heavy atom. The number of carbonyl (C=O) groups is 1. The highest BCUT2D eigenvalue weighted by Crippen LogP contribution is 2.27. The third kappa shape index (κ3) is 5.58. The van der Waals surface area contributed by atoms with E-state index in [1.54, 1.807) is 18.2 Å². The summed E-state index contributed by atoms with van der Waals surface area (Å²) in [7, 11) is 0. The first-order chi connectivity index (χ1) is 17.5. The molecule has 1 amide bonds. The molecule has 0 spiro atoms. The summed E-state index contributed by atoms with van der Waals surface area (Å²) in [5.74, 6) is -1.06. The van der Waals surface area contributed by atoms with E-state index in [0.29, 0.717) is 16.3 Å². The zero-order chi connectivity index (χ0) is 25.1. The van der Waals surface area contributed by atoms with Crippen LogP contribution in [0.1, 0.15) is 47.2 Å². The Morgan fingerprint density at radius 3 is 2.42 bits per heavy atom. The SMILES string of the molecule is Cc1cc2cc(CN3CCCCCC3)cnc2cc1NC(=O)c1ccc(-c2ccc(Cl)cc2)cc1F. The Labute approximate surface area is 216 Å². The molecule has 1 saturated heterocycles. The molecule has 0 radical (unpaired) electrons. The summed E-state index contributed by atoms with van der Waals surface area (Å²) in [5.41, 5.74) is 5.04. The molecular weight excluding hydrogens is 473 g/mol. The zero-order valence-electron chi connectivity index (χ0n) is 20.4. The van der Waals surface area contributed by atoms with Crippen molar-refractivity contribution in [1.29, 1.82) is 0 Å². The molecule has 4 aromatic rings. The van der Waals surface area contributed by atoms with Gasteiger partial charge in [0.2, 0.25) is 0 Å². The molecule has 3 aromatic carbocycles. The van der Waals surface area contributed by atoms with Crippen LogP contribution in [0.4, 0.5) is 10.1 Å². The first-order valence-electron chi connectivity index (χ1n) is 12.4. The van der Waals surface area contributed by atoms with E-state index < -0.39 is 11.7 Å². The fraction of sp³-hybridized carbons (Fsp3) is 0.267. The Morgan fingerprint density at radius 1 is 0.972 bits per heavy atom. The van der Waals surface area contributed by atoms with Crippen molar-refractivity contribution < 1.29 is 9.18 Å². The van der Waals surface area contributed by atoms with Gasteiger partial charge in [-0.25, -0.2) is 4.39 Å². The topological polar surface area (TPSA) is 45.2 Å². The molecule has 184 valence electrons. The number of pyridine rings is 1. The van der Waals surface area contributed by atoms with Crippen LogP contribution in [0, 0.1) is 12.7 Å². The number of likely N-dealkylation sites (tertiary alicyclic amines) is 1. The minimum Gasteiger partial charge on any atom is -0.322 e. The van der Waals surface area contributed by atoms with Gasteiger partial charge in [0.25, 0.3) is 5.91 Å². The van der Waals surface area contributed by atoms with E-state index in [1.165, 1.54) is 43.4 Å². The summed E-state index contributed by atoms with van der Waals surface area (Å²) < 4.78 is 14.9. The van der Waals surface area contributed by atoms with Crippen LogP contribution in [0.3, 0.4) is 0 Å². The number of carbonyl (C=O) groups excluding carboxylic acids is 1. The predicted octanol–water partition coefficient (Wildman–Crippen LogP) is 7.63. The lowest BCUT2D eigenvalue weighted by atomic mass is 10.0. The first kappa shape index (κ1) is 24.4. The standard InChI is InChI=1S/C30H29ClFN3O/c1-20-14-24-15-21(19-35-12-4-2-3-5-13-35)18-33-29(24)17-28(20)34-30(36)26-11-8-23(16-27(26)32)22-6-9-25(31)10-7-22/h6-11,14-18H,2-5,12-13,19H2,1H3,(H,34,36). The second kappa shape index (κ2) is 10.8. The van der Waals surface area contributed by atoms with Gasteiger partial charge in [-0.05, 0) is 97.6 Å². The molecule has 1 aromatic heterocycles. The number of fused-ring (bicyclic) bond motifs is 1. The van der Waals surface area contributed by atoms with Crippen molar-refractivity contribution in [1.82, 2.24) is 9.88 Å². The van der Waals surface area contributed by atoms with Crippen molar-refractivity contribution in [2.24, 2.45) is 0 Å². The molecule has 1 fully saturated rings. The van der Waals surface area contributed by atoms with E-state index in [9.17, 15) is 9.18 Å². The van der Waals surface area contributed by atoms with Gasteiger partial charge in [-0.3, -0.25) is 14.7 Å². The third-order valence-corrected chi connectivity index (χ3v) is 7.08. The van der Waals surface area contributed by atoms with Crippen LogP contribution in [-0.2, 0) is 6.54 Å². The zero-order valence-corrected chi connectivity index (χ0v) is 21.1. The van der Waals surface area contributed by atoms with Gasteiger partial charge < -0.3 is 5.32 Å². The number of hydrogen-bond donors (Lipinski definition) is 1. The predicted molar refractivity (Wildman–Crippen MR) is 145 cm³/mol. The Kier molecular flexibility index (Phi) is 7.30. The van der Waals surface area contributed by atoms with Crippen molar-refractivity contribution in [3.63, 3.8) is 0 Å². The molecule has 1 aliphatic heterocycles. The van der Waals surface area contributed by atoms with E-state index in [2.05, 4.69) is 21.3 Å². The first-order valence-corrected chi connectivity index (χ1v) is 12.8. The molecule has 0 saturated carbocycles. The third-order valence-electron chi connectivity index (χ3n) is 6.83. The summed E-state index contributed by atoms with van der Waals surface area (Å²) >= 11 is 5.94. The molecule has 0 atom stereocenters. The van der Waals surface area contributed by atoms with E-state index in [-0.39, 0.29) is 5.56 Å². The highest BCUT2D eigenvalue weighted by Gasteiger charge is 2.16. The maximum Gasteiger partial charge on any atom is 0.258 e. The average Bonchev–Trinajstić information content (AvgIpc) is 3.13. The van der Waals surface area contributed by atoms with E-state index in [0.717, 1.165) is 41.7 Å². The highest BCUT2D eigenvalue weighted by atomic mass is 35.5. The Balaban J connectivity index is 1.32. The lowest BCUT2D eigenvalue weighted by Crippen LogP contribution is -2.24. The maximum atomic E-state index is 14.9. The summed E-state index contributed by atoms with van der Waals surface area (Å²) in [6.45, 7) is 5.13. The number of hydrogen-bond acceptors (Lipinski definition) is 3. The minimum atomic E-state index is -0.574. The van der Waals surface area contributed by atoms with Crippen LogP contribution in [0.25, 0.3) is 22.0 Å². The Hall–Kier alpha value is -3.28. The van der Waals surface area contributed by atoms with E-state index >= 15 is 0 Å². The normalized spacial score (nSPS) is 14.5. The van der Waals surface area contributed by atoms with Crippen molar-refractivity contribution in [2.75, 3.05) is 18.4 Å². The molecule has 0 aliphatic carbocycles. The van der Waals surface area contributed by atoms with Gasteiger partial charge in [0.15, 0.2) is 0 Å². The van der Waals surface area contributed by atoms with Gasteiger partial charge >= 0.3 is 0 Å². The van der Waals surface area contributed by atoms with Crippen LogP contribution < -0.4 is 5.32 Å². The molecule has 2 heterocycles. The monoisotopic (exact) mass is 501 g/mol. The number of nitrogens with zero attached hydrogens (tertiary/aromatic N) is 2. The number of benzene rings is 3. The smallest absolute Gasteiger partial charge is 0.258 e. The lowest BCUT2D eigenvalue weighted by Gasteiger charge is -2.20. The molecule has 4 nitrogen and oxygen atoms in total. The molecule has 0 unspecified atom stereocenters. The van der Waals surface area contributed by atoms with Gasteiger partial charge in [-0.2, -0.15) is 0 Å². The molecule has 5 rings (SSSR count). The van der Waals surface area contributed by atoms with E-state index in [4.69, 9.17) is 11.6 Å². The second-order valence-electron chi connectivity index (χ2n) is 9.55. The molecule has 6 heteroatoms. The number of rotatable bonds is 5. The van der Waals surface area contributed by atoms with Crippen LogP contribution in [0.5, 0.6) is 0 Å². The molecule has 1 aliphatic rings. The quantitative estimate of drug-likeness (QED) is 0.305. The van der Waals surface area contributed by atoms with Gasteiger partial charge in [0.1, 0.15) is 5.82 Å². The fourth-order valence-corrected chi connectivity index (χ4v) is 4.95. The maximum absolute atomic E-state index is 14.9. The van der Waals surface area contributed by atoms with Gasteiger partial charge in [-0.15, -0.1) is 0 Å². The van der Waals surface area contributed by atoms with Gasteiger partial charge in [0, 0.05) is 28.8 Å². The van der Waals surface area contributed by atoms with Crippen LogP contribution in [0.2, 0.25) is 5.02 Å². The number of anilines is 1. The number of aromatic nitrogens is 1. The largest absolute Gasteiger partial charge is 0.322 e. The second-order valence-corrected chi connectivity index (χ2v) is 9.99. The summed E-state index contributed by atoms with van der Waals surface area (Å²) in [6.07, 6.45) is 7.07. The number of amides is 1. The Bertz CT molecular complexity index is 1400. The molecule has 0 bridgehead atoms. The van der Waals surface area contributed by atoms with Crippen LogP contribution in [-0.4, -0.2) is 28.9 Å². The summed E-state index contributed by atoms with van der Waals surface area (Å²) in [5, 5.41) is 4.52. The van der Waals surface area contributed by atoms with Crippen molar-refractivity contribution in [3.05, 3.63) is 94.4 Å². The van der Waals surface area contributed by atoms with Crippen molar-refractivity contribution in [2.45, 2.75) is 39.2 Å². The van der Waals surface area contributed by atoms with Gasteiger partial charge in [-0.1, -0.05) is 42.6 Å². The number of nitrogens with one attached hydrogen (secondary N) is 1. The average molecular weight is 502 g/mol. The van der Waals surface area contributed by atoms with Gasteiger partial charge in [0.05, 0.1) is 11.1 Å². The summed E-state index contributed by atoms with van der Waals surface area (Å²) in [4.78, 5) is 20.1. The van der Waals surface area contributed by atoms with Crippen molar-refractivity contribution in [3.8, 4) is 11.1 Å². The number of aryl methyl sites for hydroxylation is 1. The van der Waals surface area contributed by atoms with Crippen LogP contribution in [0.15, 0.2) is 66.9 Å². The molecule has 1 N–H and O–H groups in total. The number of halogens is 2. The van der Waals surface area contributed by atoms with E-state index in [1.807, 2.05) is 37.4 Å². The van der Waals surface area contributed by atoms with Crippen LogP contribution >= 0.6 is 11.6 Å². The lowest BCUT2D eigenvalue weighted by molar-refractivity contribution is 0.102. The fourth-order valence-electron chi connectivity index (χ4n) is 4.82. The summed E-state index contributed by atoms with van der Waals surface area (Å²) in [6, 6.07) is 17.8. The highest BCUT2D eigenvalue weighted by molar-refractivity contribution is 6.30. The molecular formula is C30H29ClFN3O.